The fraction of sp³-hybridized carbons (Fsp3) is 0.350. The molecule has 0 atom stereocenters. The van der Waals surface area contributed by atoms with Crippen LogP contribution in [0.3, 0.4) is 0 Å². The van der Waals surface area contributed by atoms with Crippen LogP contribution in [0.15, 0.2) is 28.0 Å². The number of anilines is 1. The van der Waals surface area contributed by atoms with Crippen LogP contribution in [-0.2, 0) is 9.59 Å². The molecule has 0 bridgehead atoms. The second-order valence-corrected chi connectivity index (χ2v) is 9.04. The largest absolute Gasteiger partial charge is 0.481 e. The number of aromatic nitrogens is 2. The van der Waals surface area contributed by atoms with Crippen LogP contribution in [0.2, 0.25) is 0 Å². The van der Waals surface area contributed by atoms with Crippen molar-refractivity contribution in [2.75, 3.05) is 18.4 Å². The molecule has 2 N–H and O–H groups in total. The summed E-state index contributed by atoms with van der Waals surface area (Å²) in [5, 5.41) is 12.1. The number of pyridine rings is 1. The van der Waals surface area contributed by atoms with E-state index in [0.717, 1.165) is 17.3 Å². The Morgan fingerprint density at radius 1 is 1.37 bits per heavy atom. The molecule has 0 aliphatic carbocycles. The number of thiocarbonyl (C=S) groups is 1. The zero-order chi connectivity index (χ0) is 22.0. The average molecular weight is 447 g/mol. The van der Waals surface area contributed by atoms with Gasteiger partial charge in [-0.3, -0.25) is 23.7 Å². The number of aliphatic carboxylic acids is 1. The second-order valence-electron chi connectivity index (χ2n) is 7.37. The van der Waals surface area contributed by atoms with Crippen LogP contribution in [0, 0.1) is 12.8 Å². The number of thioether (sulfide) groups is 1. The average Bonchev–Trinajstić information content (AvgIpc) is 2.94. The number of aryl methyl sites for hydroxylation is 1. The minimum atomic E-state index is -1.01. The number of hydrogen-bond donors (Lipinski definition) is 2. The Kier molecular flexibility index (Phi) is 6.57. The van der Waals surface area contributed by atoms with Gasteiger partial charge in [0.25, 0.3) is 11.5 Å². The maximum atomic E-state index is 13.2. The minimum Gasteiger partial charge on any atom is -0.481 e. The number of rotatable bonds is 7. The third-order valence-electron chi connectivity index (χ3n) is 4.38. The van der Waals surface area contributed by atoms with Gasteiger partial charge in [0.1, 0.15) is 15.8 Å². The third-order valence-corrected chi connectivity index (χ3v) is 5.76. The van der Waals surface area contributed by atoms with Crippen molar-refractivity contribution in [3.8, 4) is 0 Å². The van der Waals surface area contributed by atoms with Crippen LogP contribution in [0.1, 0.15) is 31.4 Å². The number of carboxylic acid groups (broad SMARTS) is 1. The molecular formula is C20H22N4O4S2. The summed E-state index contributed by atoms with van der Waals surface area (Å²) in [4.78, 5) is 42.9. The highest BCUT2D eigenvalue weighted by atomic mass is 32.2. The Morgan fingerprint density at radius 3 is 2.77 bits per heavy atom. The Labute approximate surface area is 183 Å². The lowest BCUT2D eigenvalue weighted by Gasteiger charge is -2.13. The van der Waals surface area contributed by atoms with E-state index in [1.807, 2.05) is 26.8 Å². The number of carboxylic acids is 1. The number of carbonyl (C=O) groups excluding carboxylic acids is 1. The zero-order valence-corrected chi connectivity index (χ0v) is 18.5. The molecule has 0 saturated carbocycles. The fourth-order valence-corrected chi connectivity index (χ4v) is 4.15. The van der Waals surface area contributed by atoms with Gasteiger partial charge in [-0.25, -0.2) is 4.98 Å². The van der Waals surface area contributed by atoms with Gasteiger partial charge in [0.05, 0.1) is 16.9 Å². The van der Waals surface area contributed by atoms with Crippen molar-refractivity contribution >= 4 is 57.7 Å². The molecule has 3 heterocycles. The van der Waals surface area contributed by atoms with Gasteiger partial charge < -0.3 is 10.4 Å². The van der Waals surface area contributed by atoms with E-state index >= 15 is 0 Å². The molecule has 158 valence electrons. The van der Waals surface area contributed by atoms with E-state index in [1.165, 1.54) is 15.4 Å². The summed E-state index contributed by atoms with van der Waals surface area (Å²) >= 11 is 6.28. The topological polar surface area (TPSA) is 104 Å². The Morgan fingerprint density at radius 2 is 2.10 bits per heavy atom. The highest BCUT2D eigenvalue weighted by Gasteiger charge is 2.32. The quantitative estimate of drug-likeness (QED) is 0.494. The first kappa shape index (κ1) is 22.0. The van der Waals surface area contributed by atoms with Gasteiger partial charge in [0.15, 0.2) is 0 Å². The van der Waals surface area contributed by atoms with Crippen molar-refractivity contribution < 1.29 is 14.7 Å². The monoisotopic (exact) mass is 446 g/mol. The highest BCUT2D eigenvalue weighted by molar-refractivity contribution is 8.26. The molecule has 8 nitrogen and oxygen atoms in total. The van der Waals surface area contributed by atoms with E-state index in [9.17, 15) is 14.4 Å². The lowest BCUT2D eigenvalue weighted by atomic mass is 10.2. The zero-order valence-electron chi connectivity index (χ0n) is 16.8. The van der Waals surface area contributed by atoms with E-state index < -0.39 is 11.9 Å². The maximum Gasteiger partial charge on any atom is 0.305 e. The van der Waals surface area contributed by atoms with E-state index in [4.69, 9.17) is 17.3 Å². The first-order valence-corrected chi connectivity index (χ1v) is 10.6. The molecule has 0 radical (unpaired) electrons. The number of nitrogens with zero attached hydrogens (tertiary/aromatic N) is 3. The first-order valence-electron chi connectivity index (χ1n) is 9.41. The van der Waals surface area contributed by atoms with Gasteiger partial charge in [0.2, 0.25) is 0 Å². The summed E-state index contributed by atoms with van der Waals surface area (Å²) in [5.74, 6) is -0.700. The predicted molar refractivity (Wildman–Crippen MR) is 122 cm³/mol. The van der Waals surface area contributed by atoms with E-state index in [-0.39, 0.29) is 33.3 Å². The summed E-state index contributed by atoms with van der Waals surface area (Å²) in [5.41, 5.74) is 1.37. The van der Waals surface area contributed by atoms with Crippen LogP contribution in [0.4, 0.5) is 5.82 Å². The molecule has 2 aromatic rings. The normalized spacial score (nSPS) is 15.6. The molecule has 1 saturated heterocycles. The number of fused-ring (bicyclic) bond motifs is 1. The molecular weight excluding hydrogens is 424 g/mol. The molecule has 1 amide bonds. The molecule has 2 aromatic heterocycles. The number of amides is 1. The van der Waals surface area contributed by atoms with Gasteiger partial charge in [0, 0.05) is 19.3 Å². The molecule has 0 aromatic carbocycles. The SMILES string of the molecule is Cc1ccc2nc(NCC(C)C)c(/C=C3/SC(=S)N(CCC(=O)O)C3=O)c(=O)n2c1. The van der Waals surface area contributed by atoms with Crippen LogP contribution in [0.5, 0.6) is 0 Å². The van der Waals surface area contributed by atoms with E-state index in [1.54, 1.807) is 12.3 Å². The Hall–Kier alpha value is -2.72. The minimum absolute atomic E-state index is 0.00998. The van der Waals surface area contributed by atoms with Crippen molar-refractivity contribution in [1.82, 2.24) is 14.3 Å². The van der Waals surface area contributed by atoms with Crippen molar-refractivity contribution in [2.45, 2.75) is 27.2 Å². The van der Waals surface area contributed by atoms with Gasteiger partial charge in [-0.15, -0.1) is 0 Å². The smallest absolute Gasteiger partial charge is 0.305 e. The Bertz CT molecular complexity index is 1120. The van der Waals surface area contributed by atoms with E-state index in [2.05, 4.69) is 10.3 Å². The summed E-state index contributed by atoms with van der Waals surface area (Å²) in [7, 11) is 0. The molecule has 1 aliphatic heterocycles. The van der Waals surface area contributed by atoms with Crippen LogP contribution in [-0.4, -0.2) is 48.7 Å². The van der Waals surface area contributed by atoms with E-state index in [0.29, 0.717) is 23.9 Å². The highest BCUT2D eigenvalue weighted by Crippen LogP contribution is 2.33. The molecule has 1 aliphatic rings. The first-order chi connectivity index (χ1) is 14.2. The second kappa shape index (κ2) is 8.97. The summed E-state index contributed by atoms with van der Waals surface area (Å²) in [6.45, 7) is 6.55. The number of nitrogens with one attached hydrogen (secondary N) is 1. The standard InChI is InChI=1S/C20H22N4O4S2/c1-11(2)9-21-17-13(18(27)24-10-12(3)4-5-15(24)22-17)8-14-19(28)23(20(29)30-14)7-6-16(25)26/h4-5,8,10-11,21H,6-7,9H2,1-3H3,(H,25,26)/b14-8+. The number of hydrogen-bond acceptors (Lipinski definition) is 7. The number of carbonyl (C=O) groups is 2. The molecule has 10 heteroatoms. The lowest BCUT2D eigenvalue weighted by Crippen LogP contribution is -2.30. The molecule has 0 unspecified atom stereocenters. The van der Waals surface area contributed by atoms with Crippen LogP contribution >= 0.6 is 24.0 Å². The van der Waals surface area contributed by atoms with Gasteiger partial charge >= 0.3 is 5.97 Å². The van der Waals surface area contributed by atoms with Crippen molar-refractivity contribution in [1.29, 1.82) is 0 Å². The summed E-state index contributed by atoms with van der Waals surface area (Å²) < 4.78 is 1.72. The summed E-state index contributed by atoms with van der Waals surface area (Å²) in [6, 6.07) is 3.65. The molecule has 3 rings (SSSR count). The molecule has 1 fully saturated rings. The summed E-state index contributed by atoms with van der Waals surface area (Å²) in [6.07, 6.45) is 2.99. The van der Waals surface area contributed by atoms with Crippen molar-refractivity contribution in [3.05, 3.63) is 44.7 Å². The van der Waals surface area contributed by atoms with Crippen molar-refractivity contribution in [2.24, 2.45) is 5.92 Å². The fourth-order valence-electron chi connectivity index (χ4n) is 2.86. The van der Waals surface area contributed by atoms with Crippen LogP contribution < -0.4 is 10.9 Å². The van der Waals surface area contributed by atoms with Gasteiger partial charge in [-0.1, -0.05) is 43.9 Å². The van der Waals surface area contributed by atoms with Gasteiger partial charge in [-0.2, -0.15) is 0 Å². The molecule has 30 heavy (non-hydrogen) atoms. The maximum absolute atomic E-state index is 13.2. The molecule has 0 spiro atoms. The Balaban J connectivity index is 2.07. The predicted octanol–water partition coefficient (Wildman–Crippen LogP) is 2.75. The third kappa shape index (κ3) is 4.71. The van der Waals surface area contributed by atoms with Crippen molar-refractivity contribution in [3.63, 3.8) is 0 Å². The lowest BCUT2D eigenvalue weighted by molar-refractivity contribution is -0.137. The van der Waals surface area contributed by atoms with Gasteiger partial charge in [-0.05, 0) is 30.5 Å². The van der Waals surface area contributed by atoms with Crippen LogP contribution in [0.25, 0.3) is 11.7 Å².